The third-order valence-corrected chi connectivity index (χ3v) is 5.54. The molecule has 150 valence electrons. The number of likely N-dealkylation sites (tertiary alicyclic amines) is 1. The maximum absolute atomic E-state index is 13.4. The van der Waals surface area contributed by atoms with E-state index in [2.05, 4.69) is 29.2 Å². The van der Waals surface area contributed by atoms with E-state index in [1.54, 1.807) is 29.2 Å². The fourth-order valence-electron chi connectivity index (χ4n) is 3.95. The lowest BCUT2D eigenvalue weighted by Gasteiger charge is -2.38. The summed E-state index contributed by atoms with van der Waals surface area (Å²) in [6, 6.07) is 20.1. The molecule has 1 aliphatic heterocycles. The van der Waals surface area contributed by atoms with Crippen molar-refractivity contribution >= 4 is 11.6 Å². The van der Waals surface area contributed by atoms with Crippen molar-refractivity contribution < 1.29 is 13.6 Å². The predicted octanol–water partition coefficient (Wildman–Crippen LogP) is 4.77. The van der Waals surface area contributed by atoms with Crippen molar-refractivity contribution in [3.05, 3.63) is 90.1 Å². The van der Waals surface area contributed by atoms with Crippen LogP contribution in [0, 0.1) is 5.82 Å². The van der Waals surface area contributed by atoms with Crippen LogP contribution in [0.5, 0.6) is 0 Å². The van der Waals surface area contributed by atoms with E-state index >= 15 is 0 Å². The van der Waals surface area contributed by atoms with Crippen molar-refractivity contribution in [3.63, 3.8) is 0 Å². The maximum atomic E-state index is 13.4. The van der Waals surface area contributed by atoms with Crippen molar-refractivity contribution in [2.75, 3.05) is 24.5 Å². The lowest BCUT2D eigenvalue weighted by Crippen LogP contribution is -2.48. The summed E-state index contributed by atoms with van der Waals surface area (Å²) in [4.78, 5) is 17.3. The minimum atomic E-state index is -0.310. The Balaban J connectivity index is 1.43. The van der Waals surface area contributed by atoms with Gasteiger partial charge in [-0.25, -0.2) is 4.39 Å². The maximum Gasteiger partial charge on any atom is 0.294 e. The van der Waals surface area contributed by atoms with E-state index in [4.69, 9.17) is 4.42 Å². The average molecular weight is 392 g/mol. The van der Waals surface area contributed by atoms with Gasteiger partial charge in [0.2, 0.25) is 0 Å². The molecule has 0 radical (unpaired) electrons. The van der Waals surface area contributed by atoms with Crippen LogP contribution in [0.25, 0.3) is 0 Å². The number of piperidine rings is 1. The van der Waals surface area contributed by atoms with Crippen molar-refractivity contribution in [2.24, 2.45) is 0 Å². The van der Waals surface area contributed by atoms with E-state index in [1.807, 2.05) is 6.07 Å². The summed E-state index contributed by atoms with van der Waals surface area (Å²) in [7, 11) is 0. The lowest BCUT2D eigenvalue weighted by atomic mass is 10.0. The Labute approximate surface area is 170 Å². The summed E-state index contributed by atoms with van der Waals surface area (Å²) < 4.78 is 18.8. The number of carbonyl (C=O) groups is 1. The Kier molecular flexibility index (Phi) is 6.06. The van der Waals surface area contributed by atoms with Gasteiger partial charge in [-0.1, -0.05) is 30.3 Å². The first kappa shape index (κ1) is 19.4. The largest absolute Gasteiger partial charge is 0.459 e. The third-order valence-electron chi connectivity index (χ3n) is 5.54. The number of furan rings is 1. The van der Waals surface area contributed by atoms with E-state index in [9.17, 15) is 9.18 Å². The van der Waals surface area contributed by atoms with Gasteiger partial charge in [0.1, 0.15) is 5.82 Å². The van der Waals surface area contributed by atoms with Crippen molar-refractivity contribution in [1.82, 2.24) is 4.90 Å². The minimum absolute atomic E-state index is 0.0611. The van der Waals surface area contributed by atoms with Crippen LogP contribution >= 0.6 is 0 Å². The third kappa shape index (κ3) is 4.74. The highest BCUT2D eigenvalue weighted by molar-refractivity contribution is 6.04. The molecule has 0 unspecified atom stereocenters. The zero-order chi connectivity index (χ0) is 20.1. The van der Waals surface area contributed by atoms with Gasteiger partial charge >= 0.3 is 0 Å². The topological polar surface area (TPSA) is 36.7 Å². The molecule has 1 fully saturated rings. The summed E-state index contributed by atoms with van der Waals surface area (Å²) in [5.41, 5.74) is 2.05. The van der Waals surface area contributed by atoms with Crippen LogP contribution < -0.4 is 4.90 Å². The van der Waals surface area contributed by atoms with Gasteiger partial charge in [0.15, 0.2) is 5.76 Å². The zero-order valence-electron chi connectivity index (χ0n) is 16.3. The molecule has 2 heterocycles. The monoisotopic (exact) mass is 392 g/mol. The molecule has 1 aromatic heterocycles. The van der Waals surface area contributed by atoms with Gasteiger partial charge in [0, 0.05) is 31.4 Å². The van der Waals surface area contributed by atoms with Crippen LogP contribution in [-0.2, 0) is 6.42 Å². The number of hydrogen-bond donors (Lipinski definition) is 0. The molecule has 1 aliphatic rings. The Bertz CT molecular complexity index is 902. The van der Waals surface area contributed by atoms with Crippen LogP contribution in [-0.4, -0.2) is 36.5 Å². The van der Waals surface area contributed by atoms with Crippen LogP contribution in [0.1, 0.15) is 29.0 Å². The Hall–Kier alpha value is -2.92. The molecule has 0 spiro atoms. The molecule has 5 heteroatoms. The molecule has 4 rings (SSSR count). The highest BCUT2D eigenvalue weighted by Crippen LogP contribution is 2.26. The summed E-state index contributed by atoms with van der Waals surface area (Å²) >= 11 is 0. The fraction of sp³-hybridized carbons (Fsp3) is 0.292. The molecular formula is C24H25FN2O2. The first-order valence-electron chi connectivity index (χ1n) is 10.1. The van der Waals surface area contributed by atoms with Crippen LogP contribution in [0.4, 0.5) is 10.1 Å². The fourth-order valence-corrected chi connectivity index (χ4v) is 3.95. The molecule has 3 aromatic rings. The Morgan fingerprint density at radius 2 is 1.72 bits per heavy atom. The normalized spacial score (nSPS) is 15.3. The SMILES string of the molecule is O=C(c1ccco1)N(c1ccc(F)cc1)C1CCN(CCc2ccccc2)CC1. The number of halogens is 1. The molecule has 1 amide bonds. The second-order valence-corrected chi connectivity index (χ2v) is 7.44. The van der Waals surface area contributed by atoms with E-state index in [-0.39, 0.29) is 17.8 Å². The van der Waals surface area contributed by atoms with Gasteiger partial charge in [0.05, 0.1) is 6.26 Å². The summed E-state index contributed by atoms with van der Waals surface area (Å²) in [5, 5.41) is 0. The lowest BCUT2D eigenvalue weighted by molar-refractivity contribution is 0.0933. The number of nitrogens with zero attached hydrogens (tertiary/aromatic N) is 2. The summed E-state index contributed by atoms with van der Waals surface area (Å²) in [6.07, 6.45) is 4.28. The first-order valence-corrected chi connectivity index (χ1v) is 10.1. The van der Waals surface area contributed by atoms with Gasteiger partial charge < -0.3 is 14.2 Å². The van der Waals surface area contributed by atoms with Gasteiger partial charge in [-0.05, 0) is 61.2 Å². The molecule has 0 aliphatic carbocycles. The first-order chi connectivity index (χ1) is 14.2. The zero-order valence-corrected chi connectivity index (χ0v) is 16.3. The van der Waals surface area contributed by atoms with Crippen molar-refractivity contribution in [2.45, 2.75) is 25.3 Å². The molecule has 0 saturated carbocycles. The van der Waals surface area contributed by atoms with Crippen LogP contribution in [0.2, 0.25) is 0 Å². The van der Waals surface area contributed by atoms with Crippen LogP contribution in [0.15, 0.2) is 77.4 Å². The number of rotatable bonds is 6. The highest BCUT2D eigenvalue weighted by atomic mass is 19.1. The number of anilines is 1. The predicted molar refractivity (Wildman–Crippen MR) is 112 cm³/mol. The van der Waals surface area contributed by atoms with Gasteiger partial charge in [-0.15, -0.1) is 0 Å². The molecule has 0 N–H and O–H groups in total. The van der Waals surface area contributed by atoms with Gasteiger partial charge in [0.25, 0.3) is 5.91 Å². The van der Waals surface area contributed by atoms with Gasteiger partial charge in [-0.2, -0.15) is 0 Å². The summed E-state index contributed by atoms with van der Waals surface area (Å²) in [6.45, 7) is 2.88. The molecule has 4 nitrogen and oxygen atoms in total. The number of hydrogen-bond acceptors (Lipinski definition) is 3. The van der Waals surface area contributed by atoms with E-state index < -0.39 is 0 Å². The van der Waals surface area contributed by atoms with Crippen molar-refractivity contribution in [3.8, 4) is 0 Å². The van der Waals surface area contributed by atoms with Gasteiger partial charge in [-0.3, -0.25) is 4.79 Å². The Morgan fingerprint density at radius 3 is 2.38 bits per heavy atom. The van der Waals surface area contributed by atoms with Crippen molar-refractivity contribution in [1.29, 1.82) is 0 Å². The minimum Gasteiger partial charge on any atom is -0.459 e. The molecule has 29 heavy (non-hydrogen) atoms. The Morgan fingerprint density at radius 1 is 1.00 bits per heavy atom. The standard InChI is InChI=1S/C24H25FN2O2/c25-20-8-10-21(11-9-20)27(24(28)23-7-4-18-29-23)22-13-16-26(17-14-22)15-12-19-5-2-1-3-6-19/h1-11,18,22H,12-17H2. The number of amides is 1. The van der Waals surface area contributed by atoms with E-state index in [1.165, 1.54) is 24.0 Å². The molecule has 2 aromatic carbocycles. The molecule has 1 saturated heterocycles. The van der Waals surface area contributed by atoms with Crippen LogP contribution in [0.3, 0.4) is 0 Å². The smallest absolute Gasteiger partial charge is 0.294 e. The second kappa shape index (κ2) is 9.05. The summed E-state index contributed by atoms with van der Waals surface area (Å²) in [5.74, 6) is -0.181. The highest BCUT2D eigenvalue weighted by Gasteiger charge is 2.31. The van der Waals surface area contributed by atoms with E-state index in [0.717, 1.165) is 38.9 Å². The average Bonchev–Trinajstić information content (AvgIpc) is 3.30. The van der Waals surface area contributed by atoms with E-state index in [0.29, 0.717) is 11.4 Å². The number of carbonyl (C=O) groups excluding carboxylic acids is 1. The molecule has 0 bridgehead atoms. The second-order valence-electron chi connectivity index (χ2n) is 7.44. The quantitative estimate of drug-likeness (QED) is 0.606. The molecule has 0 atom stereocenters. The molecular weight excluding hydrogens is 367 g/mol. The number of benzene rings is 2.